The van der Waals surface area contributed by atoms with E-state index in [0.29, 0.717) is 32.7 Å². The predicted molar refractivity (Wildman–Crippen MR) is 70.7 cm³/mol. The van der Waals surface area contributed by atoms with Crippen molar-refractivity contribution in [1.82, 2.24) is 10.2 Å². The molecule has 1 rings (SSSR count). The quantitative estimate of drug-likeness (QED) is 0.722. The van der Waals surface area contributed by atoms with Gasteiger partial charge in [-0.3, -0.25) is 4.79 Å². The Kier molecular flexibility index (Phi) is 5.75. The molecule has 1 amide bonds. The smallest absolute Gasteiger partial charge is 0.330 e. The van der Waals surface area contributed by atoms with E-state index in [2.05, 4.69) is 5.32 Å². The van der Waals surface area contributed by atoms with E-state index >= 15 is 0 Å². The number of nitrogens with zero attached hydrogens (tertiary/aromatic N) is 1. The first-order valence-electron chi connectivity index (χ1n) is 6.73. The fourth-order valence-electron chi connectivity index (χ4n) is 2.08. The van der Waals surface area contributed by atoms with Gasteiger partial charge in [-0.2, -0.15) is 0 Å². The average molecular weight is 272 g/mol. The highest BCUT2D eigenvalue weighted by molar-refractivity contribution is 5.90. The van der Waals surface area contributed by atoms with Gasteiger partial charge in [0.15, 0.2) is 0 Å². The molecule has 0 aliphatic carbocycles. The van der Waals surface area contributed by atoms with Crippen LogP contribution in [-0.2, 0) is 19.1 Å². The summed E-state index contributed by atoms with van der Waals surface area (Å²) in [6.45, 7) is 7.29. The SMILES string of the molecule is CCOC(=O)C1CNCCN1C(=O)C(C)(CC)OC. The molecule has 1 fully saturated rings. The zero-order chi connectivity index (χ0) is 14.5. The summed E-state index contributed by atoms with van der Waals surface area (Å²) in [5.74, 6) is -0.519. The van der Waals surface area contributed by atoms with Crippen LogP contribution in [0.1, 0.15) is 27.2 Å². The Hall–Kier alpha value is -1.14. The monoisotopic (exact) mass is 272 g/mol. The van der Waals surface area contributed by atoms with Crippen LogP contribution in [0.4, 0.5) is 0 Å². The van der Waals surface area contributed by atoms with Crippen LogP contribution in [-0.4, -0.2) is 61.8 Å². The van der Waals surface area contributed by atoms with Gasteiger partial charge in [0, 0.05) is 26.7 Å². The molecule has 1 heterocycles. The van der Waals surface area contributed by atoms with Gasteiger partial charge in [-0.05, 0) is 20.3 Å². The van der Waals surface area contributed by atoms with E-state index in [4.69, 9.17) is 9.47 Å². The highest BCUT2D eigenvalue weighted by Gasteiger charge is 2.41. The zero-order valence-corrected chi connectivity index (χ0v) is 12.2. The third-order valence-corrected chi connectivity index (χ3v) is 3.64. The van der Waals surface area contributed by atoms with Gasteiger partial charge in [-0.15, -0.1) is 0 Å². The first-order valence-corrected chi connectivity index (χ1v) is 6.73. The second kappa shape index (κ2) is 6.86. The van der Waals surface area contributed by atoms with E-state index < -0.39 is 11.6 Å². The zero-order valence-electron chi connectivity index (χ0n) is 12.2. The Balaban J connectivity index is 2.87. The number of hydrogen-bond donors (Lipinski definition) is 1. The van der Waals surface area contributed by atoms with Crippen LogP contribution in [0.3, 0.4) is 0 Å². The minimum absolute atomic E-state index is 0.156. The summed E-state index contributed by atoms with van der Waals surface area (Å²) in [5.41, 5.74) is -0.887. The summed E-state index contributed by atoms with van der Waals surface area (Å²) in [6.07, 6.45) is 0.557. The molecule has 1 N–H and O–H groups in total. The standard InChI is InChI=1S/C13H24N2O4/c1-5-13(3,18-4)12(17)15-8-7-14-9-10(15)11(16)19-6-2/h10,14H,5-9H2,1-4H3. The first kappa shape index (κ1) is 15.9. The van der Waals surface area contributed by atoms with Gasteiger partial charge in [-0.25, -0.2) is 4.79 Å². The molecule has 0 spiro atoms. The molecule has 0 radical (unpaired) electrons. The number of ether oxygens (including phenoxy) is 2. The largest absolute Gasteiger partial charge is 0.464 e. The molecule has 0 aromatic carbocycles. The molecule has 0 saturated carbocycles. The molecular formula is C13H24N2O4. The summed E-state index contributed by atoms with van der Waals surface area (Å²) in [7, 11) is 1.52. The Bertz CT molecular complexity index is 329. The van der Waals surface area contributed by atoms with Crippen molar-refractivity contribution < 1.29 is 19.1 Å². The van der Waals surface area contributed by atoms with Crippen molar-refractivity contribution in [2.24, 2.45) is 0 Å². The summed E-state index contributed by atoms with van der Waals surface area (Å²) in [5, 5.41) is 3.11. The number of esters is 1. The van der Waals surface area contributed by atoms with E-state index in [-0.39, 0.29) is 11.9 Å². The van der Waals surface area contributed by atoms with Crippen molar-refractivity contribution in [3.05, 3.63) is 0 Å². The Morgan fingerprint density at radius 3 is 2.63 bits per heavy atom. The highest BCUT2D eigenvalue weighted by Crippen LogP contribution is 2.20. The van der Waals surface area contributed by atoms with Crippen LogP contribution in [0.25, 0.3) is 0 Å². The molecule has 0 bridgehead atoms. The first-order chi connectivity index (χ1) is 9.00. The third kappa shape index (κ3) is 3.45. The molecular weight excluding hydrogens is 248 g/mol. The fraction of sp³-hybridized carbons (Fsp3) is 0.846. The van der Waals surface area contributed by atoms with Crippen molar-refractivity contribution in [2.75, 3.05) is 33.4 Å². The second-order valence-corrected chi connectivity index (χ2v) is 4.76. The summed E-state index contributed by atoms with van der Waals surface area (Å²) in [4.78, 5) is 26.1. The number of carbonyl (C=O) groups is 2. The normalized spacial score (nSPS) is 22.7. The maximum absolute atomic E-state index is 12.6. The molecule has 0 aromatic rings. The lowest BCUT2D eigenvalue weighted by Crippen LogP contribution is -2.61. The Labute approximate surface area is 114 Å². The third-order valence-electron chi connectivity index (χ3n) is 3.64. The molecule has 2 atom stereocenters. The van der Waals surface area contributed by atoms with Crippen molar-refractivity contribution >= 4 is 11.9 Å². The minimum Gasteiger partial charge on any atom is -0.464 e. The van der Waals surface area contributed by atoms with Crippen molar-refractivity contribution in [3.8, 4) is 0 Å². The number of methoxy groups -OCH3 is 1. The number of rotatable bonds is 5. The van der Waals surface area contributed by atoms with Gasteiger partial charge in [0.05, 0.1) is 6.61 Å². The number of piperazine rings is 1. The molecule has 6 nitrogen and oxygen atoms in total. The number of carbonyl (C=O) groups excluding carboxylic acids is 2. The molecule has 19 heavy (non-hydrogen) atoms. The van der Waals surface area contributed by atoms with Crippen LogP contribution in [0.15, 0.2) is 0 Å². The van der Waals surface area contributed by atoms with E-state index in [1.807, 2.05) is 6.92 Å². The van der Waals surface area contributed by atoms with Crippen LogP contribution in [0, 0.1) is 0 Å². The number of amides is 1. The molecule has 2 unspecified atom stereocenters. The van der Waals surface area contributed by atoms with E-state index in [0.717, 1.165) is 0 Å². The Morgan fingerprint density at radius 1 is 1.42 bits per heavy atom. The Morgan fingerprint density at radius 2 is 2.11 bits per heavy atom. The maximum Gasteiger partial charge on any atom is 0.330 e. The maximum atomic E-state index is 12.6. The molecule has 1 aliphatic heterocycles. The topological polar surface area (TPSA) is 67.9 Å². The lowest BCUT2D eigenvalue weighted by atomic mass is 9.99. The summed E-state index contributed by atoms with van der Waals surface area (Å²) in [6, 6.07) is -0.567. The van der Waals surface area contributed by atoms with Gasteiger partial charge in [0.2, 0.25) is 0 Å². The number of nitrogens with one attached hydrogen (secondary N) is 1. The number of hydrogen-bond acceptors (Lipinski definition) is 5. The van der Waals surface area contributed by atoms with Crippen LogP contribution in [0.2, 0.25) is 0 Å². The molecule has 0 aromatic heterocycles. The van der Waals surface area contributed by atoms with Crippen molar-refractivity contribution in [3.63, 3.8) is 0 Å². The lowest BCUT2D eigenvalue weighted by Gasteiger charge is -2.39. The van der Waals surface area contributed by atoms with Gasteiger partial charge in [-0.1, -0.05) is 6.92 Å². The summed E-state index contributed by atoms with van der Waals surface area (Å²) < 4.78 is 10.4. The van der Waals surface area contributed by atoms with Gasteiger partial charge >= 0.3 is 5.97 Å². The van der Waals surface area contributed by atoms with Gasteiger partial charge < -0.3 is 19.7 Å². The molecule has 6 heteroatoms. The average Bonchev–Trinajstić information content (AvgIpc) is 2.45. The molecule has 1 saturated heterocycles. The van der Waals surface area contributed by atoms with Crippen LogP contribution >= 0.6 is 0 Å². The van der Waals surface area contributed by atoms with Gasteiger partial charge in [0.25, 0.3) is 5.91 Å². The highest BCUT2D eigenvalue weighted by atomic mass is 16.5. The van der Waals surface area contributed by atoms with E-state index in [1.54, 1.807) is 18.7 Å². The fourth-order valence-corrected chi connectivity index (χ4v) is 2.08. The lowest BCUT2D eigenvalue weighted by molar-refractivity contribution is -0.166. The summed E-state index contributed by atoms with van der Waals surface area (Å²) >= 11 is 0. The second-order valence-electron chi connectivity index (χ2n) is 4.76. The molecule has 110 valence electrons. The van der Waals surface area contributed by atoms with E-state index in [9.17, 15) is 9.59 Å². The molecule has 1 aliphatic rings. The minimum atomic E-state index is -0.887. The van der Waals surface area contributed by atoms with Crippen molar-refractivity contribution in [2.45, 2.75) is 38.8 Å². The van der Waals surface area contributed by atoms with Crippen LogP contribution in [0.5, 0.6) is 0 Å². The van der Waals surface area contributed by atoms with E-state index in [1.165, 1.54) is 7.11 Å². The predicted octanol–water partition coefficient (Wildman–Crippen LogP) is 0.165. The van der Waals surface area contributed by atoms with Gasteiger partial charge in [0.1, 0.15) is 11.6 Å². The van der Waals surface area contributed by atoms with Crippen molar-refractivity contribution in [1.29, 1.82) is 0 Å². The van der Waals surface area contributed by atoms with Crippen LogP contribution < -0.4 is 5.32 Å².